The van der Waals surface area contributed by atoms with Gasteiger partial charge >= 0.3 is 62.6 Å². The van der Waals surface area contributed by atoms with Crippen LogP contribution in [0.4, 0.5) is 10.5 Å². The minimum absolute atomic E-state index is 0. The second kappa shape index (κ2) is 75.7. The Morgan fingerprint density at radius 2 is 0.664 bits per heavy atom. The van der Waals surface area contributed by atoms with Gasteiger partial charge in [-0.2, -0.15) is 12.1 Å². The van der Waals surface area contributed by atoms with Crippen molar-refractivity contribution in [3.63, 3.8) is 0 Å². The normalized spacial score (nSPS) is 13.8. The zero-order valence-corrected chi connectivity index (χ0v) is 85.4. The molecule has 1 aromatic heterocycles. The molecule has 1 saturated carbocycles. The number of carbonyl (C=O) groups excluding carboxylic acids is 10. The van der Waals surface area contributed by atoms with Crippen LogP contribution in [0.15, 0.2) is 63.8 Å². The number of guanidine groups is 8. The topological polar surface area (TPSA) is 1060 Å². The van der Waals surface area contributed by atoms with Crippen molar-refractivity contribution < 1.29 is 128 Å². The van der Waals surface area contributed by atoms with Crippen molar-refractivity contribution in [3.05, 3.63) is 87.6 Å². The van der Waals surface area contributed by atoms with Crippen molar-refractivity contribution in [1.82, 2.24) is 95.7 Å². The van der Waals surface area contributed by atoms with Gasteiger partial charge in [-0.25, -0.2) is 28.8 Å². The molecule has 0 radical (unpaired) electrons. The fourth-order valence-electron chi connectivity index (χ4n) is 13.9. The van der Waals surface area contributed by atoms with E-state index in [0.29, 0.717) is 11.0 Å². The van der Waals surface area contributed by atoms with Crippen LogP contribution in [0.25, 0.3) is 22.4 Å². The minimum Gasteiger partial charge on any atom is -0.676 e. The van der Waals surface area contributed by atoms with E-state index in [4.69, 9.17) is 135 Å². The predicted octanol–water partition coefficient (Wildman–Crippen LogP) is -4.61. The first-order valence-electron chi connectivity index (χ1n) is 47.7. The molecule has 0 unspecified atom stereocenters. The molecule has 4 rings (SSSR count). The third-order valence-electron chi connectivity index (χ3n) is 21.6. The summed E-state index contributed by atoms with van der Waals surface area (Å²) < 4.78 is 10.3. The molecule has 49 N–H and O–H groups in total. The number of hydrogen-bond acceptors (Lipinski definition) is 27. The fourth-order valence-corrected chi connectivity index (χ4v) is 13.9. The molecule has 11 atom stereocenters. The number of ether oxygens (including phenoxy) is 1. The fraction of sp³-hybridized carbons (Fsp3) is 0.568. The summed E-state index contributed by atoms with van der Waals surface area (Å²) >= 11 is 0. The molecule has 1 aliphatic rings. The SMILES string of the molecule is CCN(CC)c1ccc2cc(C(=O)O)c(=O)oc2c1.N=C(N)NCCC[C@H](NC(=O)CCC(=O)O)C(=O)N[C@@H](CCCNC(=N)N)C(=O)N[C@@H](CCCNC(=N)N)C(=O)N[C@@H](CCCNC(=N)N)C(=O)N[C@@H](CCCNC(=N)N)C(=O)N[C@@H](CCCNC(=N)N)C(=O)N[C@@H](CCCNC(=N)N)C(=O)N[C@@H](CCCNC(=N)N)C(=O)N[C@@H](CCCCNC(=O)OCc1ccccc1)C(=O)O.O=C(O)C(=O)O.[NH-][C@@H]1CCCC[C@H]1[NH-].[Pt+2]. The maximum absolute atomic E-state index is 14.9. The number of nitrogens with one attached hydrogen (secondary N) is 28. The smallest absolute Gasteiger partial charge is 0.676 e. The van der Waals surface area contributed by atoms with E-state index in [1.54, 1.807) is 42.5 Å². The number of aromatic carboxylic acids is 1. The van der Waals surface area contributed by atoms with Gasteiger partial charge in [0.2, 0.25) is 53.2 Å². The van der Waals surface area contributed by atoms with Crippen LogP contribution in [0, 0.1) is 43.3 Å². The predicted molar refractivity (Wildman–Crippen MR) is 547 cm³/mol. The molecule has 60 nitrogen and oxygen atoms in total. The van der Waals surface area contributed by atoms with Crippen LogP contribution in [-0.2, 0) is 94.7 Å². The molecule has 2 aromatic carbocycles. The maximum atomic E-state index is 14.9. The Labute approximate surface area is 873 Å². The van der Waals surface area contributed by atoms with Crippen molar-refractivity contribution in [3.8, 4) is 0 Å². The quantitative estimate of drug-likeness (QED) is 0.00831. The number of aliphatic carboxylic acids is 4. The summed E-state index contributed by atoms with van der Waals surface area (Å²) in [5.41, 5.74) is 59.7. The van der Waals surface area contributed by atoms with Crippen molar-refractivity contribution >= 4 is 153 Å². The standard InChI is InChI=1S/C66H120N34O15.C14H15NO4.C6H12N2.C2H2O4.Pt/c67-58(68)83-28-6-17-38(92-47(101)25-26-48(102)103)49(104)93-39(18-7-29-84-59(69)70)50(105)94-40(19-8-30-85-60(71)72)51(106)95-41(20-9-31-86-61(73)74)52(107)96-42(21-10-32-87-62(75)76)53(108)97-43(22-11-33-88-63(77)78)54(109)98-44(23-12-34-89-64(79)80)55(110)99-45(24-13-35-90-65(81)82)56(111)100-46(57(112)113)16-4-5-27-91-66(114)115-36-37-14-2-1-3-15-37;1-3-15(4-2)10-6-5-9-7-11(13(16)17)14(18)19-12(9)8-10;7-5-3-1-2-4-6(5)8;3-1(4)2(5)6;/h1-3,14-15,38-46H,4-13,16-36H2,(H,91,114)(H,92,101)(H,93,104)(H,94,105)(H,95,106)(H,96,107)(H,97,108)(H,98,109)(H,99,110)(H,100,111)(H,102,103)(H,112,113)(H4,67,68,83)(H4,69,70,84)(H4,71,72,85)(H4,73,74,86)(H4,75,76,87)(H4,77,78,88)(H4,79,80,89)(H4,81,82,90);5-8H,3-4H2,1-2H3,(H,16,17);5-8H,1-4H2;(H,3,4)(H,5,6);/q;;-2;;+2/t38-,39-,40-,41-,42-,43-,44-,45-,46-;;5-,6-;;/m0.1../s1. The van der Waals surface area contributed by atoms with Gasteiger partial charge in [-0.3, -0.25) is 91.2 Å². The number of carboxylic acid groups (broad SMARTS) is 5. The molecule has 1 heterocycles. The summed E-state index contributed by atoms with van der Waals surface area (Å²) in [5, 5.41) is 151. The first kappa shape index (κ1) is 133. The average molecular weight is 2290 g/mol. The summed E-state index contributed by atoms with van der Waals surface area (Å²) in [6, 6.07) is 1.47. The summed E-state index contributed by atoms with van der Waals surface area (Å²) in [7, 11) is 0. The Balaban J connectivity index is 0.00000537. The summed E-state index contributed by atoms with van der Waals surface area (Å²) in [6.07, 6.45) is 1.04. The van der Waals surface area contributed by atoms with Crippen LogP contribution in [0.3, 0.4) is 0 Å². The van der Waals surface area contributed by atoms with Gasteiger partial charge in [-0.15, -0.1) is 0 Å². The largest absolute Gasteiger partial charge is 2.00 e. The van der Waals surface area contributed by atoms with Gasteiger partial charge in [0.1, 0.15) is 72.1 Å². The summed E-state index contributed by atoms with van der Waals surface area (Å²) in [5.74, 6) is -20.1. The zero-order chi connectivity index (χ0) is 111. The molecular formula is C88H149N37O23Pt. The molecule has 61 heteroatoms. The van der Waals surface area contributed by atoms with Gasteiger partial charge < -0.3 is 193 Å². The van der Waals surface area contributed by atoms with Gasteiger partial charge in [0.15, 0.2) is 47.7 Å². The Morgan fingerprint density at radius 3 is 0.926 bits per heavy atom. The van der Waals surface area contributed by atoms with Gasteiger partial charge in [-0.1, -0.05) is 56.0 Å². The van der Waals surface area contributed by atoms with Crippen LogP contribution >= 0.6 is 0 Å². The van der Waals surface area contributed by atoms with E-state index >= 15 is 0 Å². The third kappa shape index (κ3) is 61.8. The first-order valence-corrected chi connectivity index (χ1v) is 47.7. The van der Waals surface area contributed by atoms with Crippen molar-refractivity contribution in [1.29, 1.82) is 43.3 Å². The maximum Gasteiger partial charge on any atom is 2.00 e. The molecule has 0 saturated heterocycles. The number of alkyl carbamates (subject to hydrolysis) is 1. The van der Waals surface area contributed by atoms with Crippen LogP contribution in [0.5, 0.6) is 0 Å². The number of fused-ring (bicyclic) bond motifs is 1. The summed E-state index contributed by atoms with van der Waals surface area (Å²) in [4.78, 5) is 209. The van der Waals surface area contributed by atoms with E-state index in [2.05, 4.69) is 101 Å². The minimum atomic E-state index is -1.82. The molecule has 0 bridgehead atoms. The molecule has 1 fully saturated rings. The number of unbranched alkanes of at least 4 members (excludes halogenated alkanes) is 1. The van der Waals surface area contributed by atoms with E-state index in [9.17, 15) is 77.3 Å². The Hall–Kier alpha value is -15.9. The molecule has 0 spiro atoms. The Bertz CT molecular complexity index is 4910. The second-order valence-corrected chi connectivity index (χ2v) is 33.4. The van der Waals surface area contributed by atoms with Gasteiger partial charge in [0.25, 0.3) is 0 Å². The molecule has 1 aliphatic carbocycles. The number of hydrogen-bond donors (Lipinski definition) is 39. The monoisotopic (exact) mass is 2290 g/mol. The molecule has 149 heavy (non-hydrogen) atoms. The number of anilines is 1. The first-order chi connectivity index (χ1) is 70.0. The van der Waals surface area contributed by atoms with Crippen molar-refractivity contribution in [2.45, 2.75) is 247 Å². The number of nitrogens with zero attached hydrogens (tertiary/aromatic N) is 1. The number of rotatable bonds is 64. The van der Waals surface area contributed by atoms with Crippen LogP contribution < -0.4 is 152 Å². The zero-order valence-electron chi connectivity index (χ0n) is 83.2. The van der Waals surface area contributed by atoms with E-state index in [1.165, 1.54) is 18.9 Å². The van der Waals surface area contributed by atoms with Crippen molar-refractivity contribution in [2.24, 2.45) is 45.9 Å². The van der Waals surface area contributed by atoms with E-state index in [1.807, 2.05) is 19.9 Å². The van der Waals surface area contributed by atoms with E-state index < -0.39 is 210 Å². The summed E-state index contributed by atoms with van der Waals surface area (Å²) in [6.45, 7) is 5.68. The average Bonchev–Trinajstić information content (AvgIpc) is 0.797. The molecule has 834 valence electrons. The second-order valence-electron chi connectivity index (χ2n) is 33.4. The van der Waals surface area contributed by atoms with Gasteiger partial charge in [0, 0.05) is 95.6 Å². The number of benzene rings is 2. The van der Waals surface area contributed by atoms with Crippen LogP contribution in [-0.4, -0.2) is 301 Å². The molecular weight excluding hydrogens is 2140 g/mol. The van der Waals surface area contributed by atoms with Gasteiger partial charge in [0.05, 0.1) is 6.42 Å². The molecule has 0 aliphatic heterocycles. The third-order valence-corrected chi connectivity index (χ3v) is 21.6. The van der Waals surface area contributed by atoms with Crippen LogP contribution in [0.2, 0.25) is 0 Å². The number of carbonyl (C=O) groups is 15. The van der Waals surface area contributed by atoms with E-state index in [0.717, 1.165) is 37.2 Å². The number of carboxylic acids is 5. The van der Waals surface area contributed by atoms with E-state index in [-0.39, 0.29) is 226 Å². The number of amides is 10. The number of nitrogens with two attached hydrogens (primary N) is 8. The van der Waals surface area contributed by atoms with Gasteiger partial charge in [-0.05, 0) is 160 Å². The Morgan fingerprint density at radius 1 is 0.383 bits per heavy atom. The molecule has 10 amide bonds. The van der Waals surface area contributed by atoms with Crippen LogP contribution in [0.1, 0.15) is 190 Å². The Kier molecular flexibility index (Phi) is 67.6. The molecule has 3 aromatic rings. The van der Waals surface area contributed by atoms with Crippen molar-refractivity contribution in [2.75, 3.05) is 76.9 Å².